The van der Waals surface area contributed by atoms with Crippen molar-refractivity contribution in [1.29, 1.82) is 0 Å². The second-order valence-corrected chi connectivity index (χ2v) is 8.52. The molecule has 0 spiro atoms. The minimum atomic E-state index is -0.0367. The molecule has 4 rings (SSSR count). The number of carbonyl (C=O) groups is 1. The Morgan fingerprint density at radius 3 is 2.88 bits per heavy atom. The first-order valence-corrected chi connectivity index (χ1v) is 9.79. The van der Waals surface area contributed by atoms with E-state index in [2.05, 4.69) is 32.0 Å². The van der Waals surface area contributed by atoms with Gasteiger partial charge in [0.15, 0.2) is 0 Å². The summed E-state index contributed by atoms with van der Waals surface area (Å²) in [7, 11) is 1.75. The van der Waals surface area contributed by atoms with Crippen LogP contribution in [0.25, 0.3) is 0 Å². The average molecular weight is 326 g/mol. The molecule has 0 bridgehead atoms. The van der Waals surface area contributed by atoms with E-state index in [1.807, 2.05) is 0 Å². The highest BCUT2D eigenvalue weighted by atomic mass is 16.5. The van der Waals surface area contributed by atoms with Crippen LogP contribution >= 0.6 is 0 Å². The van der Waals surface area contributed by atoms with Crippen LogP contribution in [0.3, 0.4) is 0 Å². The molecule has 3 aliphatic carbocycles. The lowest BCUT2D eigenvalue weighted by molar-refractivity contribution is -0.132. The number of hydrogen-bond donors (Lipinski definition) is 0. The molecule has 0 aromatic heterocycles. The number of methoxy groups -OCH3 is 1. The fourth-order valence-electron chi connectivity index (χ4n) is 6.22. The largest absolute Gasteiger partial charge is 0.497 e. The zero-order valence-electron chi connectivity index (χ0n) is 15.3. The van der Waals surface area contributed by atoms with Crippen LogP contribution in [0.15, 0.2) is 18.2 Å². The van der Waals surface area contributed by atoms with Crippen LogP contribution in [0.4, 0.5) is 0 Å². The van der Waals surface area contributed by atoms with Crippen molar-refractivity contribution in [2.45, 2.75) is 64.7 Å². The van der Waals surface area contributed by atoms with Crippen molar-refractivity contribution in [2.75, 3.05) is 7.11 Å². The minimum absolute atomic E-state index is 0.0367. The molecule has 130 valence electrons. The fraction of sp³-hybridized carbons (Fsp3) is 0.682. The minimum Gasteiger partial charge on any atom is -0.497 e. The number of rotatable bonds is 3. The molecule has 5 atom stereocenters. The predicted octanol–water partition coefficient (Wildman–Crippen LogP) is 5.15. The van der Waals surface area contributed by atoms with Crippen molar-refractivity contribution < 1.29 is 9.53 Å². The van der Waals surface area contributed by atoms with Gasteiger partial charge in [-0.05, 0) is 79.5 Å². The van der Waals surface area contributed by atoms with Crippen molar-refractivity contribution in [3.05, 3.63) is 29.3 Å². The highest BCUT2D eigenvalue weighted by Crippen LogP contribution is 2.61. The fourth-order valence-corrected chi connectivity index (χ4v) is 6.22. The van der Waals surface area contributed by atoms with Gasteiger partial charge < -0.3 is 4.74 Å². The monoisotopic (exact) mass is 326 g/mol. The van der Waals surface area contributed by atoms with E-state index >= 15 is 0 Å². The summed E-state index contributed by atoms with van der Waals surface area (Å²) in [6.07, 6.45) is 8.04. The van der Waals surface area contributed by atoms with Gasteiger partial charge in [-0.2, -0.15) is 0 Å². The van der Waals surface area contributed by atoms with E-state index in [1.54, 1.807) is 12.7 Å². The van der Waals surface area contributed by atoms with Gasteiger partial charge in [-0.25, -0.2) is 0 Å². The van der Waals surface area contributed by atoms with E-state index in [1.165, 1.54) is 18.4 Å². The molecule has 0 aliphatic heterocycles. The van der Waals surface area contributed by atoms with Gasteiger partial charge >= 0.3 is 0 Å². The number of benzene rings is 1. The molecule has 1 aromatic carbocycles. The predicted molar refractivity (Wildman–Crippen MR) is 96.4 cm³/mol. The number of ketones is 1. The van der Waals surface area contributed by atoms with Crippen LogP contribution in [0, 0.1) is 23.2 Å². The smallest absolute Gasteiger partial charge is 0.142 e. The summed E-state index contributed by atoms with van der Waals surface area (Å²) in [5.74, 6) is 3.87. The van der Waals surface area contributed by atoms with Crippen LogP contribution in [0.5, 0.6) is 5.75 Å². The normalized spacial score (nSPS) is 37.5. The zero-order chi connectivity index (χ0) is 16.9. The molecule has 0 amide bonds. The van der Waals surface area contributed by atoms with Crippen LogP contribution in [-0.4, -0.2) is 12.9 Å². The molecule has 0 N–H and O–H groups in total. The molecule has 0 unspecified atom stereocenters. The quantitative estimate of drug-likeness (QED) is 0.768. The Morgan fingerprint density at radius 2 is 2.12 bits per heavy atom. The third-order valence-corrected chi connectivity index (χ3v) is 7.43. The number of carbonyl (C=O) groups excluding carboxylic acids is 1. The summed E-state index contributed by atoms with van der Waals surface area (Å²) in [6, 6.07) is 6.65. The van der Waals surface area contributed by atoms with E-state index in [4.69, 9.17) is 4.74 Å². The number of aryl methyl sites for hydroxylation is 1. The van der Waals surface area contributed by atoms with Gasteiger partial charge in [0.25, 0.3) is 0 Å². The Hall–Kier alpha value is -1.31. The Morgan fingerprint density at radius 1 is 1.29 bits per heavy atom. The van der Waals surface area contributed by atoms with Crippen LogP contribution in [0.1, 0.15) is 69.4 Å². The highest BCUT2D eigenvalue weighted by Gasteiger charge is 2.57. The third kappa shape index (κ3) is 2.25. The summed E-state index contributed by atoms with van der Waals surface area (Å²) in [6.45, 7) is 4.50. The molecule has 3 aliphatic rings. The molecular formula is C22H30O2. The lowest BCUT2D eigenvalue weighted by atomic mass is 9.55. The molecule has 0 saturated heterocycles. The third-order valence-electron chi connectivity index (χ3n) is 7.43. The van der Waals surface area contributed by atoms with Gasteiger partial charge in [-0.15, -0.1) is 0 Å². The highest BCUT2D eigenvalue weighted by molar-refractivity contribution is 5.89. The van der Waals surface area contributed by atoms with Gasteiger partial charge in [0.05, 0.1) is 7.11 Å². The molecule has 24 heavy (non-hydrogen) atoms. The van der Waals surface area contributed by atoms with Gasteiger partial charge in [0.2, 0.25) is 0 Å². The lowest BCUT2D eigenvalue weighted by Crippen LogP contribution is -2.42. The average Bonchev–Trinajstić information content (AvgIpc) is 2.86. The van der Waals surface area contributed by atoms with Gasteiger partial charge in [-0.3, -0.25) is 4.79 Å². The molecule has 2 nitrogen and oxygen atoms in total. The molecular weight excluding hydrogens is 296 g/mol. The summed E-state index contributed by atoms with van der Waals surface area (Å²) in [5.41, 5.74) is 2.99. The Labute approximate surface area is 146 Å². The van der Waals surface area contributed by atoms with Crippen LogP contribution in [-0.2, 0) is 11.2 Å². The molecule has 0 heterocycles. The van der Waals surface area contributed by atoms with Gasteiger partial charge in [0, 0.05) is 11.3 Å². The van der Waals surface area contributed by atoms with Crippen molar-refractivity contribution in [3.8, 4) is 5.75 Å². The topological polar surface area (TPSA) is 26.3 Å². The number of hydrogen-bond acceptors (Lipinski definition) is 2. The summed E-state index contributed by atoms with van der Waals surface area (Å²) in [4.78, 5) is 13.0. The Bertz CT molecular complexity index is 649. The first-order valence-electron chi connectivity index (χ1n) is 9.79. The standard InChI is InChI=1S/C22H30O2/c1-4-5-15-13-20-19-8-6-14-12-16(24-3)7-9-17(14)18(19)10-11-22(20,2)21(15)23/h7,9,12,15,18-20H,4-6,8,10-11,13H2,1-3H3/t15-,18-,19-,20+,22+/m1/s1. The van der Waals surface area contributed by atoms with Crippen molar-refractivity contribution in [1.82, 2.24) is 0 Å². The maximum Gasteiger partial charge on any atom is 0.142 e. The number of Topliss-reactive ketones (excluding diaryl/α,β-unsaturated/α-hetero) is 1. The van der Waals surface area contributed by atoms with Crippen molar-refractivity contribution in [3.63, 3.8) is 0 Å². The second kappa shape index (κ2) is 5.89. The summed E-state index contributed by atoms with van der Waals surface area (Å²) in [5, 5.41) is 0. The van der Waals surface area contributed by atoms with Crippen molar-refractivity contribution in [2.24, 2.45) is 23.2 Å². The van der Waals surface area contributed by atoms with Crippen LogP contribution in [0.2, 0.25) is 0 Å². The Balaban J connectivity index is 1.65. The Kier molecular flexibility index (Phi) is 3.97. The van der Waals surface area contributed by atoms with Gasteiger partial charge in [-0.1, -0.05) is 26.3 Å². The maximum absolute atomic E-state index is 13.0. The van der Waals surface area contributed by atoms with E-state index in [0.29, 0.717) is 29.5 Å². The summed E-state index contributed by atoms with van der Waals surface area (Å²) >= 11 is 0. The maximum atomic E-state index is 13.0. The van der Waals surface area contributed by atoms with E-state index in [-0.39, 0.29) is 5.41 Å². The number of fused-ring (bicyclic) bond motifs is 5. The lowest BCUT2D eigenvalue weighted by Gasteiger charge is -2.48. The van der Waals surface area contributed by atoms with Crippen LogP contribution < -0.4 is 4.74 Å². The zero-order valence-corrected chi connectivity index (χ0v) is 15.3. The van der Waals surface area contributed by atoms with E-state index in [9.17, 15) is 4.79 Å². The first kappa shape index (κ1) is 16.2. The van der Waals surface area contributed by atoms with Gasteiger partial charge in [0.1, 0.15) is 11.5 Å². The van der Waals surface area contributed by atoms with Crippen molar-refractivity contribution >= 4 is 5.78 Å². The SMILES string of the molecule is CCC[C@@H]1C[C@H]2[C@@H]3CCc4cc(OC)ccc4[C@H]3CC[C@]2(C)C1=O. The second-order valence-electron chi connectivity index (χ2n) is 8.52. The molecule has 0 radical (unpaired) electrons. The number of ether oxygens (including phenoxy) is 1. The molecule has 2 fully saturated rings. The van der Waals surface area contributed by atoms with E-state index < -0.39 is 0 Å². The molecule has 2 saturated carbocycles. The van der Waals surface area contributed by atoms with E-state index in [0.717, 1.165) is 37.9 Å². The first-order chi connectivity index (χ1) is 11.6. The molecule has 2 heteroatoms. The summed E-state index contributed by atoms with van der Waals surface area (Å²) < 4.78 is 5.41. The molecule has 1 aromatic rings.